The number of phenolic OH excluding ortho intramolecular Hbond substituents is 1. The summed E-state index contributed by atoms with van der Waals surface area (Å²) in [4.78, 5) is 27.7. The van der Waals surface area contributed by atoms with E-state index in [0.29, 0.717) is 33.7 Å². The summed E-state index contributed by atoms with van der Waals surface area (Å²) in [7, 11) is 1.46. The van der Waals surface area contributed by atoms with Gasteiger partial charge in [0.25, 0.3) is 11.8 Å². The molecule has 1 aliphatic rings. The molecule has 0 fully saturated rings. The monoisotopic (exact) mass is 385 g/mol. The Morgan fingerprint density at radius 1 is 0.897 bits per heavy atom. The van der Waals surface area contributed by atoms with Crippen LogP contribution in [0.1, 0.15) is 27.0 Å². The van der Waals surface area contributed by atoms with E-state index in [2.05, 4.69) is 0 Å². The van der Waals surface area contributed by atoms with Crippen molar-refractivity contribution >= 4 is 29.2 Å². The lowest BCUT2D eigenvalue weighted by atomic mass is 9.91. The van der Waals surface area contributed by atoms with Gasteiger partial charge in [-0.1, -0.05) is 36.4 Å². The van der Waals surface area contributed by atoms with Crippen molar-refractivity contribution in [2.75, 3.05) is 12.0 Å². The number of hydrogen-bond acceptors (Lipinski definition) is 4. The van der Waals surface area contributed by atoms with Crippen molar-refractivity contribution in [3.05, 3.63) is 89.0 Å². The molecular weight excluding hydrogens is 366 g/mol. The molecule has 0 unspecified atom stereocenters. The molecule has 5 nitrogen and oxygen atoms in total. The fourth-order valence-corrected chi connectivity index (χ4v) is 3.44. The Morgan fingerprint density at radius 2 is 1.66 bits per heavy atom. The van der Waals surface area contributed by atoms with Gasteiger partial charge in [-0.3, -0.25) is 9.59 Å². The Morgan fingerprint density at radius 3 is 2.38 bits per heavy atom. The number of hydrogen-bond donors (Lipinski definition) is 1. The number of aryl methyl sites for hydroxylation is 1. The van der Waals surface area contributed by atoms with E-state index in [4.69, 9.17) is 4.74 Å². The summed E-state index contributed by atoms with van der Waals surface area (Å²) in [6, 6.07) is 19.2. The fourth-order valence-electron chi connectivity index (χ4n) is 3.44. The van der Waals surface area contributed by atoms with Gasteiger partial charge in [-0.15, -0.1) is 0 Å². The van der Waals surface area contributed by atoms with Crippen LogP contribution in [0, 0.1) is 6.92 Å². The molecule has 1 N–H and O–H groups in total. The summed E-state index contributed by atoms with van der Waals surface area (Å²) in [6.45, 7) is 1.91. The third-order valence-corrected chi connectivity index (χ3v) is 4.86. The van der Waals surface area contributed by atoms with E-state index in [-0.39, 0.29) is 11.7 Å². The van der Waals surface area contributed by atoms with Crippen LogP contribution >= 0.6 is 0 Å². The van der Waals surface area contributed by atoms with Gasteiger partial charge >= 0.3 is 0 Å². The molecule has 2 amide bonds. The Bertz CT molecular complexity index is 1160. The van der Waals surface area contributed by atoms with E-state index >= 15 is 0 Å². The Hall–Kier alpha value is -3.86. The van der Waals surface area contributed by atoms with E-state index in [1.54, 1.807) is 48.5 Å². The summed E-state index contributed by atoms with van der Waals surface area (Å²) in [6.07, 6.45) is 1.71. The van der Waals surface area contributed by atoms with Crippen LogP contribution in [0.2, 0.25) is 0 Å². The molecule has 1 heterocycles. The number of benzene rings is 3. The van der Waals surface area contributed by atoms with Crippen LogP contribution in [-0.2, 0) is 4.79 Å². The van der Waals surface area contributed by atoms with Crippen molar-refractivity contribution in [2.24, 2.45) is 0 Å². The Kier molecular flexibility index (Phi) is 4.64. The van der Waals surface area contributed by atoms with Gasteiger partial charge in [0, 0.05) is 11.1 Å². The van der Waals surface area contributed by atoms with Gasteiger partial charge in [0.2, 0.25) is 0 Å². The van der Waals surface area contributed by atoms with E-state index in [1.165, 1.54) is 18.1 Å². The number of amides is 2. The molecule has 0 spiro atoms. The lowest BCUT2D eigenvalue weighted by Gasteiger charge is -2.29. The topological polar surface area (TPSA) is 66.8 Å². The van der Waals surface area contributed by atoms with E-state index in [0.717, 1.165) is 5.56 Å². The molecule has 0 saturated heterocycles. The van der Waals surface area contributed by atoms with Gasteiger partial charge in [0.1, 0.15) is 0 Å². The van der Waals surface area contributed by atoms with Crippen LogP contribution in [0.3, 0.4) is 0 Å². The van der Waals surface area contributed by atoms with Crippen molar-refractivity contribution in [2.45, 2.75) is 6.92 Å². The van der Waals surface area contributed by atoms with Crippen molar-refractivity contribution < 1.29 is 19.4 Å². The third kappa shape index (κ3) is 3.27. The number of nitrogens with zero attached hydrogens (tertiary/aromatic N) is 1. The first-order valence-corrected chi connectivity index (χ1v) is 9.13. The largest absolute Gasteiger partial charge is 0.504 e. The number of phenols is 1. The second kappa shape index (κ2) is 7.28. The molecule has 0 aromatic heterocycles. The predicted molar refractivity (Wildman–Crippen MR) is 112 cm³/mol. The number of rotatable bonds is 3. The summed E-state index contributed by atoms with van der Waals surface area (Å²) in [5, 5.41) is 9.84. The highest BCUT2D eigenvalue weighted by Gasteiger charge is 2.35. The molecule has 4 rings (SSSR count). The standard InChI is InChI=1S/C24H19NO4/c1-15-6-5-7-17(12-15)25-23(27)19-9-4-3-8-18(19)20(24(25)28)13-16-10-11-21(26)22(14-16)29-2/h3-14,26H,1-2H3. The minimum atomic E-state index is -0.397. The van der Waals surface area contributed by atoms with Crippen LogP contribution in [-0.4, -0.2) is 24.0 Å². The maximum Gasteiger partial charge on any atom is 0.265 e. The van der Waals surface area contributed by atoms with Crippen molar-refractivity contribution in [1.82, 2.24) is 0 Å². The summed E-state index contributed by atoms with van der Waals surface area (Å²) in [5.74, 6) is -0.424. The third-order valence-electron chi connectivity index (χ3n) is 4.86. The average molecular weight is 385 g/mol. The summed E-state index contributed by atoms with van der Waals surface area (Å²) >= 11 is 0. The van der Waals surface area contributed by atoms with Gasteiger partial charge in [-0.05, 0) is 60.0 Å². The number of methoxy groups -OCH3 is 1. The van der Waals surface area contributed by atoms with Gasteiger partial charge < -0.3 is 9.84 Å². The van der Waals surface area contributed by atoms with Crippen LogP contribution in [0.5, 0.6) is 11.5 Å². The van der Waals surface area contributed by atoms with E-state index < -0.39 is 5.91 Å². The zero-order valence-corrected chi connectivity index (χ0v) is 16.0. The second-order valence-electron chi connectivity index (χ2n) is 6.82. The maximum atomic E-state index is 13.4. The number of carbonyl (C=O) groups is 2. The molecule has 0 atom stereocenters. The molecule has 3 aromatic carbocycles. The highest BCUT2D eigenvalue weighted by Crippen LogP contribution is 2.35. The zero-order valence-electron chi connectivity index (χ0n) is 16.0. The molecule has 3 aromatic rings. The normalized spacial score (nSPS) is 14.8. The highest BCUT2D eigenvalue weighted by molar-refractivity contribution is 6.43. The highest BCUT2D eigenvalue weighted by atomic mass is 16.5. The quantitative estimate of drug-likeness (QED) is 0.535. The van der Waals surface area contributed by atoms with Crippen LogP contribution in [0.15, 0.2) is 66.7 Å². The Balaban J connectivity index is 1.90. The molecule has 0 radical (unpaired) electrons. The molecule has 144 valence electrons. The lowest BCUT2D eigenvalue weighted by molar-refractivity contribution is -0.112. The second-order valence-corrected chi connectivity index (χ2v) is 6.82. The van der Waals surface area contributed by atoms with E-state index in [9.17, 15) is 14.7 Å². The molecule has 29 heavy (non-hydrogen) atoms. The molecule has 0 bridgehead atoms. The minimum absolute atomic E-state index is 0.0154. The van der Waals surface area contributed by atoms with Gasteiger partial charge in [0.15, 0.2) is 11.5 Å². The SMILES string of the molecule is COc1cc(C=C2C(=O)N(c3cccc(C)c3)C(=O)c3ccccc32)ccc1O. The van der Waals surface area contributed by atoms with Crippen molar-refractivity contribution in [1.29, 1.82) is 0 Å². The number of ether oxygens (including phenoxy) is 1. The number of aromatic hydroxyl groups is 1. The van der Waals surface area contributed by atoms with Gasteiger partial charge in [-0.25, -0.2) is 4.90 Å². The van der Waals surface area contributed by atoms with Crippen molar-refractivity contribution in [3.63, 3.8) is 0 Å². The first-order chi connectivity index (χ1) is 14.0. The molecule has 0 aliphatic carbocycles. The first kappa shape index (κ1) is 18.5. The average Bonchev–Trinajstić information content (AvgIpc) is 2.72. The minimum Gasteiger partial charge on any atom is -0.504 e. The molecular formula is C24H19NO4. The Labute approximate surface area is 168 Å². The van der Waals surface area contributed by atoms with Crippen LogP contribution in [0.25, 0.3) is 11.6 Å². The predicted octanol–water partition coefficient (Wildman–Crippen LogP) is 4.44. The van der Waals surface area contributed by atoms with Crippen molar-refractivity contribution in [3.8, 4) is 11.5 Å². The number of anilines is 1. The number of carbonyl (C=O) groups excluding carboxylic acids is 2. The first-order valence-electron chi connectivity index (χ1n) is 9.13. The van der Waals surface area contributed by atoms with Gasteiger partial charge in [-0.2, -0.15) is 0 Å². The maximum absolute atomic E-state index is 13.4. The lowest BCUT2D eigenvalue weighted by Crippen LogP contribution is -2.41. The summed E-state index contributed by atoms with van der Waals surface area (Å²) < 4.78 is 5.16. The molecule has 5 heteroatoms. The fraction of sp³-hybridized carbons (Fsp3) is 0.0833. The van der Waals surface area contributed by atoms with Crippen LogP contribution in [0.4, 0.5) is 5.69 Å². The molecule has 1 aliphatic heterocycles. The number of imide groups is 1. The molecule has 0 saturated carbocycles. The summed E-state index contributed by atoms with van der Waals surface area (Å²) in [5.41, 5.74) is 3.61. The van der Waals surface area contributed by atoms with Gasteiger partial charge in [0.05, 0.1) is 12.8 Å². The smallest absolute Gasteiger partial charge is 0.265 e. The van der Waals surface area contributed by atoms with E-state index in [1.807, 2.05) is 25.1 Å². The number of fused-ring (bicyclic) bond motifs is 1. The van der Waals surface area contributed by atoms with Crippen LogP contribution < -0.4 is 9.64 Å². The zero-order chi connectivity index (χ0) is 20.5.